The van der Waals surface area contributed by atoms with Crippen molar-refractivity contribution in [3.8, 4) is 11.6 Å². The summed E-state index contributed by atoms with van der Waals surface area (Å²) in [6, 6.07) is 1.85. The zero-order valence-corrected chi connectivity index (χ0v) is 22.9. The molecule has 6 rings (SSSR count). The van der Waals surface area contributed by atoms with Gasteiger partial charge in [-0.2, -0.15) is 5.10 Å². The number of anilines is 2. The van der Waals surface area contributed by atoms with Gasteiger partial charge >= 0.3 is 0 Å². The maximum absolute atomic E-state index is 13.3. The molecule has 3 aliphatic carbocycles. The third kappa shape index (κ3) is 5.44. The van der Waals surface area contributed by atoms with E-state index in [9.17, 15) is 9.59 Å². The third-order valence-electron chi connectivity index (χ3n) is 7.12. The summed E-state index contributed by atoms with van der Waals surface area (Å²) in [5.74, 6) is 2.08. The molecule has 3 aromatic rings. The number of hydrogen-bond acceptors (Lipinski definition) is 8. The lowest BCUT2D eigenvalue weighted by Crippen LogP contribution is -2.41. The second kappa shape index (κ2) is 10.1. The molecule has 0 saturated heterocycles. The third-order valence-corrected chi connectivity index (χ3v) is 8.55. The Hall–Kier alpha value is -3.32. The molecule has 1 atom stereocenters. The highest BCUT2D eigenvalue weighted by Gasteiger charge is 2.34. The number of hydrogen-bond donors (Lipinski definition) is 4. The van der Waals surface area contributed by atoms with E-state index in [-0.39, 0.29) is 23.8 Å². The van der Waals surface area contributed by atoms with Crippen LogP contribution in [0.1, 0.15) is 58.8 Å². The molecular weight excluding hydrogens is 524 g/mol. The molecule has 0 aliphatic heterocycles. The Bertz CT molecular complexity index is 1400. The minimum atomic E-state index is -0.0967. The molecule has 0 aromatic carbocycles. The number of aromatic nitrogens is 4. The van der Waals surface area contributed by atoms with Gasteiger partial charge < -0.3 is 25.7 Å². The number of nitrogens with one attached hydrogen (secondary N) is 4. The van der Waals surface area contributed by atoms with Gasteiger partial charge in [0.25, 0.3) is 11.8 Å². The van der Waals surface area contributed by atoms with Crippen LogP contribution in [0.5, 0.6) is 0 Å². The molecule has 0 bridgehead atoms. The molecule has 3 heterocycles. The zero-order chi connectivity index (χ0) is 26.4. The number of rotatable bonds is 8. The minimum absolute atomic E-state index is 0.0196. The molecule has 4 N–H and O–H groups in total. The average molecular weight is 555 g/mol. The summed E-state index contributed by atoms with van der Waals surface area (Å²) < 4.78 is 7.14. The summed E-state index contributed by atoms with van der Waals surface area (Å²) in [4.78, 5) is 27.0. The van der Waals surface area contributed by atoms with E-state index in [1.54, 1.807) is 36.1 Å². The fourth-order valence-electron chi connectivity index (χ4n) is 4.67. The molecular formula is C25H30N8O3S2. The van der Waals surface area contributed by atoms with Gasteiger partial charge in [0.15, 0.2) is 10.8 Å². The van der Waals surface area contributed by atoms with Crippen LogP contribution in [-0.4, -0.2) is 49.5 Å². The Morgan fingerprint density at radius 3 is 2.71 bits per heavy atom. The summed E-state index contributed by atoms with van der Waals surface area (Å²) in [6.07, 6.45) is 6.50. The number of amides is 2. The van der Waals surface area contributed by atoms with Crippen LogP contribution < -0.4 is 21.3 Å². The largest absolute Gasteiger partial charge is 0.420 e. The van der Waals surface area contributed by atoms with Crippen LogP contribution in [0.15, 0.2) is 10.5 Å². The lowest BCUT2D eigenvalue weighted by molar-refractivity contribution is -0.117. The van der Waals surface area contributed by atoms with Gasteiger partial charge in [-0.05, 0) is 68.6 Å². The van der Waals surface area contributed by atoms with Crippen molar-refractivity contribution < 1.29 is 14.0 Å². The minimum Gasteiger partial charge on any atom is -0.420 e. The van der Waals surface area contributed by atoms with Crippen LogP contribution in [-0.2, 0) is 24.7 Å². The van der Waals surface area contributed by atoms with Crippen molar-refractivity contribution in [1.29, 1.82) is 0 Å². The second-order valence-electron chi connectivity index (χ2n) is 10.3. The van der Waals surface area contributed by atoms with Gasteiger partial charge in [0.05, 0.1) is 5.56 Å². The highest BCUT2D eigenvalue weighted by Crippen LogP contribution is 2.40. The summed E-state index contributed by atoms with van der Waals surface area (Å²) in [7, 11) is 1.81. The Kier molecular flexibility index (Phi) is 6.64. The van der Waals surface area contributed by atoms with Crippen LogP contribution in [0.3, 0.4) is 0 Å². The van der Waals surface area contributed by atoms with Crippen molar-refractivity contribution >= 4 is 51.3 Å². The first kappa shape index (κ1) is 25.0. The first-order valence-corrected chi connectivity index (χ1v) is 14.2. The lowest BCUT2D eigenvalue weighted by atomic mass is 9.91. The van der Waals surface area contributed by atoms with E-state index >= 15 is 0 Å². The first-order valence-electron chi connectivity index (χ1n) is 13.0. The van der Waals surface area contributed by atoms with Crippen LogP contribution in [0.25, 0.3) is 11.6 Å². The summed E-state index contributed by atoms with van der Waals surface area (Å²) in [5.41, 5.74) is 2.19. The van der Waals surface area contributed by atoms with E-state index in [1.165, 1.54) is 0 Å². The highest BCUT2D eigenvalue weighted by molar-refractivity contribution is 7.80. The molecule has 200 valence electrons. The van der Waals surface area contributed by atoms with E-state index in [1.807, 2.05) is 0 Å². The van der Waals surface area contributed by atoms with Crippen LogP contribution in [0.2, 0.25) is 0 Å². The number of nitrogens with zero attached hydrogens (tertiary/aromatic N) is 4. The molecule has 38 heavy (non-hydrogen) atoms. The second-order valence-corrected chi connectivity index (χ2v) is 11.8. The van der Waals surface area contributed by atoms with Crippen molar-refractivity contribution in [2.24, 2.45) is 18.9 Å². The maximum Gasteiger partial charge on any atom is 0.268 e. The Morgan fingerprint density at radius 1 is 1.18 bits per heavy atom. The molecule has 0 radical (unpaired) electrons. The number of thiocarbonyl (C=S) groups is 1. The molecule has 2 amide bonds. The first-order chi connectivity index (χ1) is 18.3. The van der Waals surface area contributed by atoms with Crippen molar-refractivity contribution in [2.75, 3.05) is 17.2 Å². The molecule has 2 saturated carbocycles. The number of carbonyl (C=O) groups is 2. The monoisotopic (exact) mass is 554 g/mol. The quantitative estimate of drug-likeness (QED) is 0.309. The fraction of sp³-hybridized carbons (Fsp3) is 0.520. The SMILES string of the molecule is Cc1nnc(-c2cc(NC(=S)N[C@H]3CCc4sc(NC(=O)C5CC5)c(C(=O)NCC5CC5)c4C3)n(C)n2)o1. The van der Waals surface area contributed by atoms with Gasteiger partial charge in [-0.3, -0.25) is 14.3 Å². The van der Waals surface area contributed by atoms with Crippen molar-refractivity contribution in [1.82, 2.24) is 30.6 Å². The van der Waals surface area contributed by atoms with E-state index in [0.717, 1.165) is 49.0 Å². The predicted octanol–water partition coefficient (Wildman–Crippen LogP) is 3.17. The summed E-state index contributed by atoms with van der Waals surface area (Å²) in [5, 5.41) is 26.2. The maximum atomic E-state index is 13.3. The Morgan fingerprint density at radius 2 is 2.00 bits per heavy atom. The highest BCUT2D eigenvalue weighted by atomic mass is 32.1. The van der Waals surface area contributed by atoms with Gasteiger partial charge in [-0.15, -0.1) is 21.5 Å². The number of carbonyl (C=O) groups excluding carboxylic acids is 2. The molecule has 2 fully saturated rings. The number of fused-ring (bicyclic) bond motifs is 1. The van der Waals surface area contributed by atoms with Crippen molar-refractivity contribution in [3.63, 3.8) is 0 Å². The lowest BCUT2D eigenvalue weighted by Gasteiger charge is -2.25. The predicted molar refractivity (Wildman–Crippen MR) is 147 cm³/mol. The smallest absolute Gasteiger partial charge is 0.268 e. The van der Waals surface area contributed by atoms with E-state index < -0.39 is 0 Å². The van der Waals surface area contributed by atoms with Gasteiger partial charge in [-0.25, -0.2) is 0 Å². The fourth-order valence-corrected chi connectivity index (χ4v) is 6.18. The zero-order valence-electron chi connectivity index (χ0n) is 21.3. The summed E-state index contributed by atoms with van der Waals surface area (Å²) in [6.45, 7) is 2.41. The van der Waals surface area contributed by atoms with Crippen LogP contribution in [0.4, 0.5) is 10.8 Å². The summed E-state index contributed by atoms with van der Waals surface area (Å²) >= 11 is 7.16. The molecule has 13 heteroatoms. The van der Waals surface area contributed by atoms with Gasteiger partial charge in [0.2, 0.25) is 11.8 Å². The topological polar surface area (TPSA) is 139 Å². The average Bonchev–Trinajstić information content (AvgIpc) is 3.79. The van der Waals surface area contributed by atoms with E-state index in [4.69, 9.17) is 16.6 Å². The van der Waals surface area contributed by atoms with Gasteiger partial charge in [0.1, 0.15) is 10.8 Å². The molecule has 3 aromatic heterocycles. The van der Waals surface area contributed by atoms with Crippen LogP contribution in [0, 0.1) is 18.8 Å². The van der Waals surface area contributed by atoms with Gasteiger partial charge in [0, 0.05) is 43.4 Å². The Labute approximate surface area is 229 Å². The molecule has 3 aliphatic rings. The van der Waals surface area contributed by atoms with Crippen molar-refractivity contribution in [3.05, 3.63) is 28.0 Å². The Balaban J connectivity index is 1.15. The number of aryl methyl sites for hydroxylation is 3. The van der Waals surface area contributed by atoms with Gasteiger partial charge in [-0.1, -0.05) is 0 Å². The van der Waals surface area contributed by atoms with E-state index in [2.05, 4.69) is 36.6 Å². The molecule has 0 unspecified atom stereocenters. The molecule has 0 spiro atoms. The van der Waals surface area contributed by atoms with Crippen molar-refractivity contribution in [2.45, 2.75) is 57.9 Å². The molecule has 11 nitrogen and oxygen atoms in total. The van der Waals surface area contributed by atoms with E-state index in [0.29, 0.717) is 57.9 Å². The normalized spacial score (nSPS) is 18.5. The standard InChI is InChI=1S/C25H30N8O3S2/c1-12-30-31-23(36-12)17-10-19(33(2)32-17)28-25(37)27-15-7-8-18-16(9-15)20(22(35)26-11-13-3-4-13)24(38-18)29-21(34)14-5-6-14/h10,13-15H,3-9,11H2,1-2H3,(H,26,35)(H,29,34)(H2,27,28,37)/t15-/m0/s1. The number of thiophene rings is 1. The van der Waals surface area contributed by atoms with Crippen LogP contribution >= 0.6 is 23.6 Å².